The standard InChI is InChI=1S/C40H26BrNO4/c41-27-18-14-24(15-19-27)33(43)22-23-40-31-12-6-4-10-29(31)34(30-11-5-7-13-32(30)40)35-36(40)39(46)42(38(35)45)28-20-16-26(17-21-28)37(44)25-8-2-1-3-9-25/h1-23,34-36H/b23-22+. The third kappa shape index (κ3) is 4.06. The first kappa shape index (κ1) is 28.3. The number of ketones is 2. The van der Waals surface area contributed by atoms with Gasteiger partial charge in [-0.15, -0.1) is 0 Å². The van der Waals surface area contributed by atoms with Gasteiger partial charge in [-0.2, -0.15) is 0 Å². The second kappa shape index (κ2) is 10.7. The van der Waals surface area contributed by atoms with Gasteiger partial charge in [0.1, 0.15) is 0 Å². The quantitative estimate of drug-likeness (QED) is 0.106. The van der Waals surface area contributed by atoms with Crippen molar-refractivity contribution in [2.45, 2.75) is 11.3 Å². The number of hydrogen-bond donors (Lipinski definition) is 0. The molecule has 1 heterocycles. The first-order chi connectivity index (χ1) is 22.4. The number of allylic oxidation sites excluding steroid dienone is 2. The van der Waals surface area contributed by atoms with Gasteiger partial charge in [0.15, 0.2) is 11.6 Å². The van der Waals surface area contributed by atoms with Gasteiger partial charge in [-0.25, -0.2) is 4.90 Å². The van der Waals surface area contributed by atoms with Crippen LogP contribution in [0.5, 0.6) is 0 Å². The lowest BCUT2D eigenvalue weighted by Gasteiger charge is -2.53. The highest BCUT2D eigenvalue weighted by atomic mass is 79.9. The summed E-state index contributed by atoms with van der Waals surface area (Å²) in [4.78, 5) is 57.0. The maximum Gasteiger partial charge on any atom is 0.239 e. The van der Waals surface area contributed by atoms with Crippen molar-refractivity contribution in [3.8, 4) is 0 Å². The summed E-state index contributed by atoms with van der Waals surface area (Å²) in [5, 5.41) is 0. The summed E-state index contributed by atoms with van der Waals surface area (Å²) in [5.41, 5.74) is 4.81. The van der Waals surface area contributed by atoms with Crippen molar-refractivity contribution in [3.63, 3.8) is 0 Å². The Morgan fingerprint density at radius 2 is 1.17 bits per heavy atom. The normalized spacial score (nSPS) is 22.5. The Morgan fingerprint density at radius 3 is 1.80 bits per heavy atom. The largest absolute Gasteiger partial charge is 0.289 e. The summed E-state index contributed by atoms with van der Waals surface area (Å²) in [6, 6.07) is 38.8. The van der Waals surface area contributed by atoms with Gasteiger partial charge in [0, 0.05) is 27.1 Å². The van der Waals surface area contributed by atoms with E-state index in [1.807, 2.05) is 84.9 Å². The van der Waals surface area contributed by atoms with Crippen LogP contribution in [0.3, 0.4) is 0 Å². The number of nitrogens with zero attached hydrogens (tertiary/aromatic N) is 1. The number of halogens is 1. The monoisotopic (exact) mass is 663 g/mol. The molecule has 1 aliphatic heterocycles. The molecule has 0 spiro atoms. The van der Waals surface area contributed by atoms with Crippen molar-refractivity contribution in [1.82, 2.24) is 0 Å². The van der Waals surface area contributed by atoms with Crippen LogP contribution in [0.4, 0.5) is 5.69 Å². The van der Waals surface area contributed by atoms with Crippen LogP contribution < -0.4 is 4.90 Å². The predicted octanol–water partition coefficient (Wildman–Crippen LogP) is 7.67. The van der Waals surface area contributed by atoms with E-state index < -0.39 is 17.3 Å². The molecular formula is C40H26BrNO4. The first-order valence-electron chi connectivity index (χ1n) is 15.2. The molecule has 3 aliphatic carbocycles. The first-order valence-corrected chi connectivity index (χ1v) is 15.9. The van der Waals surface area contributed by atoms with Crippen LogP contribution in [0.2, 0.25) is 0 Å². The SMILES string of the molecule is O=C(/C=C/C12c3ccccc3C(c3ccccc31)C1C(=O)N(c3ccc(C(=O)c4ccccc4)cc3)C(=O)C12)c1ccc(Br)cc1. The Balaban J connectivity index is 1.25. The minimum Gasteiger partial charge on any atom is -0.289 e. The smallest absolute Gasteiger partial charge is 0.239 e. The molecule has 4 aliphatic rings. The van der Waals surface area contributed by atoms with Gasteiger partial charge in [-0.05, 0) is 76.9 Å². The van der Waals surface area contributed by atoms with E-state index >= 15 is 0 Å². The number of carbonyl (C=O) groups excluding carboxylic acids is 4. The molecule has 2 bridgehead atoms. The molecule has 0 saturated carbocycles. The summed E-state index contributed by atoms with van der Waals surface area (Å²) in [5.74, 6) is -2.63. The van der Waals surface area contributed by atoms with E-state index in [1.165, 1.54) is 4.90 Å². The van der Waals surface area contributed by atoms with Crippen LogP contribution in [0.1, 0.15) is 54.5 Å². The third-order valence-corrected chi connectivity index (χ3v) is 10.3. The zero-order chi connectivity index (χ0) is 31.6. The molecule has 1 fully saturated rings. The number of amides is 2. The average Bonchev–Trinajstić information content (AvgIpc) is 3.38. The Kier molecular flexibility index (Phi) is 6.59. The molecule has 5 aromatic rings. The molecule has 1 saturated heterocycles. The maximum atomic E-state index is 14.7. The molecule has 5 aromatic carbocycles. The minimum atomic E-state index is -1.04. The fraction of sp³-hybridized carbons (Fsp3) is 0.100. The van der Waals surface area contributed by atoms with E-state index in [2.05, 4.69) is 15.9 Å². The summed E-state index contributed by atoms with van der Waals surface area (Å²) < 4.78 is 0.871. The van der Waals surface area contributed by atoms with Gasteiger partial charge in [-0.1, -0.05) is 101 Å². The van der Waals surface area contributed by atoms with Crippen LogP contribution >= 0.6 is 15.9 Å². The maximum absolute atomic E-state index is 14.7. The van der Waals surface area contributed by atoms with E-state index in [4.69, 9.17) is 0 Å². The Hall–Kier alpha value is -5.20. The lowest BCUT2D eigenvalue weighted by molar-refractivity contribution is -0.122. The van der Waals surface area contributed by atoms with Gasteiger partial charge in [0.25, 0.3) is 0 Å². The second-order valence-electron chi connectivity index (χ2n) is 12.0. The zero-order valence-electron chi connectivity index (χ0n) is 24.5. The van der Waals surface area contributed by atoms with E-state index in [0.29, 0.717) is 22.4 Å². The van der Waals surface area contributed by atoms with Crippen LogP contribution in [-0.2, 0) is 15.0 Å². The average molecular weight is 665 g/mol. The molecule has 0 radical (unpaired) electrons. The number of hydrogen-bond acceptors (Lipinski definition) is 4. The summed E-state index contributed by atoms with van der Waals surface area (Å²) in [6.07, 6.45) is 3.42. The molecular weight excluding hydrogens is 638 g/mol. The zero-order valence-corrected chi connectivity index (χ0v) is 26.1. The molecule has 0 N–H and O–H groups in total. The number of benzene rings is 5. The molecule has 2 atom stereocenters. The van der Waals surface area contributed by atoms with Gasteiger partial charge in [0.2, 0.25) is 11.8 Å². The second-order valence-corrected chi connectivity index (χ2v) is 12.9. The highest BCUT2D eigenvalue weighted by molar-refractivity contribution is 9.10. The van der Waals surface area contributed by atoms with Crippen molar-refractivity contribution in [3.05, 3.63) is 183 Å². The lowest BCUT2D eigenvalue weighted by Crippen LogP contribution is -2.52. The third-order valence-electron chi connectivity index (χ3n) is 9.73. The number of carbonyl (C=O) groups is 4. The van der Waals surface area contributed by atoms with Crippen molar-refractivity contribution in [2.75, 3.05) is 4.90 Å². The summed E-state index contributed by atoms with van der Waals surface area (Å²) >= 11 is 3.43. The molecule has 222 valence electrons. The number of imide groups is 1. The fourth-order valence-corrected chi connectivity index (χ4v) is 8.07. The highest BCUT2D eigenvalue weighted by Gasteiger charge is 2.67. The van der Waals surface area contributed by atoms with E-state index in [9.17, 15) is 19.2 Å². The van der Waals surface area contributed by atoms with Gasteiger partial charge >= 0.3 is 0 Å². The van der Waals surface area contributed by atoms with Crippen molar-refractivity contribution < 1.29 is 19.2 Å². The van der Waals surface area contributed by atoms with E-state index in [0.717, 1.165) is 26.7 Å². The summed E-state index contributed by atoms with van der Waals surface area (Å²) in [6.45, 7) is 0. The Bertz CT molecular complexity index is 2050. The van der Waals surface area contributed by atoms with Crippen molar-refractivity contribution in [2.24, 2.45) is 11.8 Å². The Labute approximate surface area is 274 Å². The number of rotatable bonds is 6. The topological polar surface area (TPSA) is 71.5 Å². The number of anilines is 1. The fourth-order valence-electron chi connectivity index (χ4n) is 7.80. The van der Waals surface area contributed by atoms with Crippen molar-refractivity contribution in [1.29, 1.82) is 0 Å². The molecule has 0 aromatic heterocycles. The highest BCUT2D eigenvalue weighted by Crippen LogP contribution is 2.64. The Morgan fingerprint density at radius 1 is 0.630 bits per heavy atom. The van der Waals surface area contributed by atoms with Crippen LogP contribution in [0.15, 0.2) is 144 Å². The summed E-state index contributed by atoms with van der Waals surface area (Å²) in [7, 11) is 0. The molecule has 2 amide bonds. The molecule has 2 unspecified atom stereocenters. The molecule has 9 rings (SSSR count). The molecule has 5 nitrogen and oxygen atoms in total. The molecule has 6 heteroatoms. The van der Waals surface area contributed by atoms with Crippen LogP contribution in [0.25, 0.3) is 0 Å². The van der Waals surface area contributed by atoms with Crippen molar-refractivity contribution >= 4 is 45.0 Å². The van der Waals surface area contributed by atoms with Gasteiger partial charge in [0.05, 0.1) is 22.9 Å². The van der Waals surface area contributed by atoms with Gasteiger partial charge < -0.3 is 0 Å². The molecule has 46 heavy (non-hydrogen) atoms. The minimum absolute atomic E-state index is 0.136. The predicted molar refractivity (Wildman–Crippen MR) is 179 cm³/mol. The van der Waals surface area contributed by atoms with Crippen LogP contribution in [0, 0.1) is 11.8 Å². The lowest BCUT2D eigenvalue weighted by atomic mass is 9.47. The van der Waals surface area contributed by atoms with E-state index in [1.54, 1.807) is 54.6 Å². The van der Waals surface area contributed by atoms with Gasteiger partial charge in [-0.3, -0.25) is 19.2 Å². The van der Waals surface area contributed by atoms with E-state index in [-0.39, 0.29) is 29.3 Å². The van der Waals surface area contributed by atoms with Crippen LogP contribution in [-0.4, -0.2) is 23.4 Å².